The number of rotatable bonds is 6. The number of anilines is 1. The zero-order chi connectivity index (χ0) is 18.1. The topological polar surface area (TPSA) is 113 Å². The Bertz CT molecular complexity index is 751. The Morgan fingerprint density at radius 3 is 2.33 bits per heavy atom. The van der Waals surface area contributed by atoms with Crippen molar-refractivity contribution in [3.63, 3.8) is 0 Å². The van der Waals surface area contributed by atoms with Crippen molar-refractivity contribution < 1.29 is 27.9 Å². The first-order chi connectivity index (χ1) is 11.0. The third-order valence-corrected chi connectivity index (χ3v) is 4.86. The summed E-state index contributed by atoms with van der Waals surface area (Å²) in [5, 5.41) is 9.70. The van der Waals surface area contributed by atoms with Gasteiger partial charge in [0.25, 0.3) is 0 Å². The molecule has 1 aliphatic heterocycles. The highest BCUT2D eigenvalue weighted by molar-refractivity contribution is 7.89. The van der Waals surface area contributed by atoms with Crippen LogP contribution in [0.3, 0.4) is 0 Å². The van der Waals surface area contributed by atoms with Crippen LogP contribution in [0.2, 0.25) is 0 Å². The lowest BCUT2D eigenvalue weighted by atomic mass is 10.1. The predicted molar refractivity (Wildman–Crippen MR) is 86.2 cm³/mol. The largest absolute Gasteiger partial charge is 0.495 e. The fraction of sp³-hybridized carbons (Fsp3) is 0.467. The Morgan fingerprint density at radius 2 is 1.83 bits per heavy atom. The fourth-order valence-electron chi connectivity index (χ4n) is 2.23. The molecule has 1 aromatic carbocycles. The van der Waals surface area contributed by atoms with Gasteiger partial charge in [-0.25, -0.2) is 13.1 Å². The van der Waals surface area contributed by atoms with Crippen molar-refractivity contribution in [2.24, 2.45) is 0 Å². The van der Waals surface area contributed by atoms with Gasteiger partial charge in [0, 0.05) is 19.4 Å². The summed E-state index contributed by atoms with van der Waals surface area (Å²) < 4.78 is 32.3. The molecule has 1 fully saturated rings. The molecule has 0 bridgehead atoms. The van der Waals surface area contributed by atoms with Crippen LogP contribution in [0, 0.1) is 0 Å². The lowest BCUT2D eigenvalue weighted by Crippen LogP contribution is -2.38. The first kappa shape index (κ1) is 18.4. The van der Waals surface area contributed by atoms with Crippen LogP contribution in [0.25, 0.3) is 0 Å². The Balaban J connectivity index is 2.43. The molecule has 1 heterocycles. The highest BCUT2D eigenvalue weighted by Gasteiger charge is 2.32. The van der Waals surface area contributed by atoms with Crippen LogP contribution in [0.5, 0.6) is 5.75 Å². The van der Waals surface area contributed by atoms with E-state index >= 15 is 0 Å². The fourth-order valence-corrected chi connectivity index (χ4v) is 3.62. The van der Waals surface area contributed by atoms with Crippen molar-refractivity contribution in [3.05, 3.63) is 18.2 Å². The van der Waals surface area contributed by atoms with Crippen molar-refractivity contribution in [3.8, 4) is 5.75 Å². The number of nitrogens with one attached hydrogen (secondary N) is 1. The molecular formula is C15H20N2O6S. The van der Waals surface area contributed by atoms with E-state index in [1.54, 1.807) is 0 Å². The molecule has 0 spiro atoms. The number of imide groups is 1. The second kappa shape index (κ2) is 6.50. The molecule has 2 N–H and O–H groups in total. The summed E-state index contributed by atoms with van der Waals surface area (Å²) in [5.41, 5.74) is -1.06. The number of nitrogens with zero attached hydrogens (tertiary/aromatic N) is 1. The van der Waals surface area contributed by atoms with Crippen LogP contribution in [0.4, 0.5) is 5.69 Å². The smallest absolute Gasteiger partial charge is 0.244 e. The number of carbonyl (C=O) groups is 2. The van der Waals surface area contributed by atoms with Crippen LogP contribution in [0.15, 0.2) is 23.1 Å². The Kier molecular flexibility index (Phi) is 4.97. The molecule has 132 valence electrons. The molecule has 0 unspecified atom stereocenters. The van der Waals surface area contributed by atoms with E-state index in [0.29, 0.717) is 0 Å². The van der Waals surface area contributed by atoms with Crippen LogP contribution in [-0.4, -0.2) is 44.6 Å². The Labute approximate surface area is 140 Å². The highest BCUT2D eigenvalue weighted by atomic mass is 32.2. The summed E-state index contributed by atoms with van der Waals surface area (Å²) in [6.45, 7) is 2.72. The second-order valence-electron chi connectivity index (χ2n) is 6.10. The van der Waals surface area contributed by atoms with Gasteiger partial charge in [-0.2, -0.15) is 0 Å². The number of benzene rings is 1. The average molecular weight is 356 g/mol. The highest BCUT2D eigenvalue weighted by Crippen LogP contribution is 2.31. The van der Waals surface area contributed by atoms with Gasteiger partial charge in [0.2, 0.25) is 21.8 Å². The van der Waals surface area contributed by atoms with E-state index in [1.807, 2.05) is 0 Å². The normalized spacial score (nSPS) is 15.9. The number of hydrogen-bond acceptors (Lipinski definition) is 6. The first-order valence-corrected chi connectivity index (χ1v) is 8.79. The molecular weight excluding hydrogens is 336 g/mol. The molecule has 8 nitrogen and oxygen atoms in total. The minimum atomic E-state index is -4.01. The molecule has 2 rings (SSSR count). The molecule has 9 heteroatoms. The van der Waals surface area contributed by atoms with Gasteiger partial charge >= 0.3 is 0 Å². The van der Waals surface area contributed by atoms with Crippen molar-refractivity contribution in [2.75, 3.05) is 18.6 Å². The summed E-state index contributed by atoms with van der Waals surface area (Å²) in [4.78, 5) is 24.4. The molecule has 1 aromatic rings. The molecule has 0 radical (unpaired) electrons. The molecule has 0 atom stereocenters. The van der Waals surface area contributed by atoms with E-state index in [1.165, 1.54) is 39.2 Å². The molecule has 1 aliphatic rings. The van der Waals surface area contributed by atoms with Gasteiger partial charge in [0.15, 0.2) is 0 Å². The quantitative estimate of drug-likeness (QED) is 0.713. The minimum absolute atomic E-state index is 0.0705. The number of methoxy groups -OCH3 is 1. The van der Waals surface area contributed by atoms with Gasteiger partial charge in [0.05, 0.1) is 18.4 Å². The lowest BCUT2D eigenvalue weighted by Gasteiger charge is -2.20. The van der Waals surface area contributed by atoms with Crippen molar-refractivity contribution in [1.29, 1.82) is 0 Å². The Morgan fingerprint density at radius 1 is 1.25 bits per heavy atom. The third kappa shape index (κ3) is 3.92. The summed E-state index contributed by atoms with van der Waals surface area (Å²) in [7, 11) is -2.69. The summed E-state index contributed by atoms with van der Waals surface area (Å²) in [6.07, 6.45) is 0.202. The maximum atomic E-state index is 12.5. The van der Waals surface area contributed by atoms with Crippen LogP contribution < -0.4 is 14.4 Å². The van der Waals surface area contributed by atoms with Gasteiger partial charge < -0.3 is 9.84 Å². The molecule has 24 heavy (non-hydrogen) atoms. The SMILES string of the molecule is COc1ccc(N2C(=O)CCC2=O)cc1S(=O)(=O)NCC(C)(C)O. The lowest BCUT2D eigenvalue weighted by molar-refractivity contribution is -0.121. The average Bonchev–Trinajstić information content (AvgIpc) is 2.83. The third-order valence-electron chi connectivity index (χ3n) is 3.44. The van der Waals surface area contributed by atoms with Crippen molar-refractivity contribution in [2.45, 2.75) is 37.2 Å². The first-order valence-electron chi connectivity index (χ1n) is 7.31. The number of hydrogen-bond donors (Lipinski definition) is 2. The summed E-state index contributed by atoms with van der Waals surface area (Å²) >= 11 is 0. The zero-order valence-electron chi connectivity index (χ0n) is 13.7. The second-order valence-corrected chi connectivity index (χ2v) is 7.83. The van der Waals surface area contributed by atoms with E-state index in [0.717, 1.165) is 4.90 Å². The van der Waals surface area contributed by atoms with Gasteiger partial charge in [-0.15, -0.1) is 0 Å². The molecule has 2 amide bonds. The van der Waals surface area contributed by atoms with Gasteiger partial charge in [-0.05, 0) is 32.0 Å². The van der Waals surface area contributed by atoms with Gasteiger partial charge in [0.1, 0.15) is 10.6 Å². The van der Waals surface area contributed by atoms with Crippen molar-refractivity contribution >= 4 is 27.5 Å². The number of ether oxygens (including phenoxy) is 1. The van der Waals surface area contributed by atoms with E-state index < -0.39 is 15.6 Å². The molecule has 0 aromatic heterocycles. The molecule has 0 saturated carbocycles. The number of aliphatic hydroxyl groups is 1. The monoisotopic (exact) mass is 356 g/mol. The standard InChI is InChI=1S/C15H20N2O6S/c1-15(2,20)9-16-24(21,22)12-8-10(4-5-11(12)23-3)17-13(18)6-7-14(17)19/h4-5,8,16,20H,6-7,9H2,1-3H3. The number of carbonyl (C=O) groups excluding carboxylic acids is 2. The van der Waals surface area contributed by atoms with Crippen LogP contribution >= 0.6 is 0 Å². The minimum Gasteiger partial charge on any atom is -0.495 e. The van der Waals surface area contributed by atoms with E-state index in [4.69, 9.17) is 4.74 Å². The maximum absolute atomic E-state index is 12.5. The van der Waals surface area contributed by atoms with Crippen LogP contribution in [0.1, 0.15) is 26.7 Å². The van der Waals surface area contributed by atoms with E-state index in [-0.39, 0.29) is 47.5 Å². The molecule has 0 aliphatic carbocycles. The van der Waals surface area contributed by atoms with Crippen LogP contribution in [-0.2, 0) is 19.6 Å². The number of amides is 2. The predicted octanol–water partition coefficient (Wildman–Crippen LogP) is 0.398. The Hall–Kier alpha value is -1.97. The van der Waals surface area contributed by atoms with Gasteiger partial charge in [-0.3, -0.25) is 14.5 Å². The van der Waals surface area contributed by atoms with E-state index in [9.17, 15) is 23.1 Å². The summed E-state index contributed by atoms with van der Waals surface area (Å²) in [6, 6.07) is 4.05. The van der Waals surface area contributed by atoms with Gasteiger partial charge in [-0.1, -0.05) is 0 Å². The number of sulfonamides is 1. The maximum Gasteiger partial charge on any atom is 0.244 e. The summed E-state index contributed by atoms with van der Waals surface area (Å²) in [5.74, 6) is -0.683. The molecule has 1 saturated heterocycles. The van der Waals surface area contributed by atoms with E-state index in [2.05, 4.69) is 4.72 Å². The zero-order valence-corrected chi connectivity index (χ0v) is 14.5. The van der Waals surface area contributed by atoms with Crippen molar-refractivity contribution in [1.82, 2.24) is 4.72 Å².